The maximum Gasteiger partial charge on any atom is 0.305 e. The molecule has 0 aliphatic heterocycles. The lowest BCUT2D eigenvalue weighted by Gasteiger charge is -2.20. The predicted octanol–water partition coefficient (Wildman–Crippen LogP) is 20.4. The SMILES string of the molecule is CCCCCCCCCCCCCCCCCCC/C=C/C(O)C(CO)NC(=O)CCCCCCCCCCCCCCCCCCCCOC(=O)CCCCCCCCCCCCCCCCCCC. The molecule has 2 unspecified atom stereocenters. The van der Waals surface area contributed by atoms with E-state index >= 15 is 0 Å². The number of rotatable bonds is 61. The predicted molar refractivity (Wildman–Crippen MR) is 310 cm³/mol. The van der Waals surface area contributed by atoms with E-state index in [1.807, 2.05) is 6.08 Å². The van der Waals surface area contributed by atoms with Gasteiger partial charge < -0.3 is 20.3 Å². The van der Waals surface area contributed by atoms with Crippen molar-refractivity contribution in [1.29, 1.82) is 0 Å². The van der Waals surface area contributed by atoms with Gasteiger partial charge >= 0.3 is 5.97 Å². The lowest BCUT2D eigenvalue weighted by molar-refractivity contribution is -0.143. The van der Waals surface area contributed by atoms with Crippen LogP contribution in [0.3, 0.4) is 0 Å². The summed E-state index contributed by atoms with van der Waals surface area (Å²) in [6.07, 6.45) is 74.0. The summed E-state index contributed by atoms with van der Waals surface area (Å²) in [5, 5.41) is 23.2. The third-order valence-corrected chi connectivity index (χ3v) is 15.3. The number of unbranched alkanes of at least 4 members (excludes halogenated alkanes) is 50. The van der Waals surface area contributed by atoms with Gasteiger partial charge in [0, 0.05) is 12.8 Å². The standard InChI is InChI=1S/C65H127NO5/c1-3-5-7-9-11-13-15-17-19-21-22-26-29-33-37-41-45-49-53-57-63(68)62(61-67)66-64(69)58-54-50-46-42-38-34-30-27-23-24-28-32-36-40-44-48-52-56-60-71-65(70)59-55-51-47-43-39-35-31-25-20-18-16-14-12-10-8-6-4-2/h53,57,62-63,67-68H,3-52,54-56,58-61H2,1-2H3,(H,66,69)/b57-53+. The molecule has 0 aromatic carbocycles. The van der Waals surface area contributed by atoms with Gasteiger partial charge in [-0.1, -0.05) is 334 Å². The van der Waals surface area contributed by atoms with E-state index in [2.05, 4.69) is 19.2 Å². The van der Waals surface area contributed by atoms with Crippen LogP contribution in [0.15, 0.2) is 12.2 Å². The number of carbonyl (C=O) groups is 2. The minimum Gasteiger partial charge on any atom is -0.466 e. The van der Waals surface area contributed by atoms with Gasteiger partial charge in [-0.3, -0.25) is 9.59 Å². The Morgan fingerprint density at radius 2 is 0.648 bits per heavy atom. The van der Waals surface area contributed by atoms with Gasteiger partial charge in [0.15, 0.2) is 0 Å². The highest BCUT2D eigenvalue weighted by molar-refractivity contribution is 5.76. The van der Waals surface area contributed by atoms with Gasteiger partial charge in [0.2, 0.25) is 5.91 Å². The summed E-state index contributed by atoms with van der Waals surface area (Å²) in [5.74, 6) is -0.0567. The third-order valence-electron chi connectivity index (χ3n) is 15.3. The van der Waals surface area contributed by atoms with E-state index in [4.69, 9.17) is 4.74 Å². The lowest BCUT2D eigenvalue weighted by atomic mass is 10.0. The molecule has 0 aliphatic carbocycles. The van der Waals surface area contributed by atoms with Crippen molar-refractivity contribution in [2.24, 2.45) is 0 Å². The normalized spacial score (nSPS) is 12.6. The smallest absolute Gasteiger partial charge is 0.305 e. The molecular weight excluding hydrogens is 875 g/mol. The fraction of sp³-hybridized carbons (Fsp3) is 0.938. The summed E-state index contributed by atoms with van der Waals surface area (Å²) < 4.78 is 5.50. The number of aliphatic hydroxyl groups excluding tert-OH is 2. The zero-order valence-electron chi connectivity index (χ0n) is 48.2. The first-order valence-corrected chi connectivity index (χ1v) is 32.5. The van der Waals surface area contributed by atoms with Crippen LogP contribution in [0.2, 0.25) is 0 Å². The highest BCUT2D eigenvalue weighted by atomic mass is 16.5. The minimum atomic E-state index is -0.847. The molecule has 6 heteroatoms. The van der Waals surface area contributed by atoms with E-state index in [0.717, 1.165) is 38.5 Å². The van der Waals surface area contributed by atoms with Crippen LogP contribution in [-0.2, 0) is 14.3 Å². The number of nitrogens with one attached hydrogen (secondary N) is 1. The molecule has 71 heavy (non-hydrogen) atoms. The van der Waals surface area contributed by atoms with Gasteiger partial charge in [-0.05, 0) is 32.1 Å². The number of hydrogen-bond acceptors (Lipinski definition) is 5. The summed E-state index contributed by atoms with van der Waals surface area (Å²) in [7, 11) is 0. The summed E-state index contributed by atoms with van der Waals surface area (Å²) >= 11 is 0. The van der Waals surface area contributed by atoms with E-state index in [0.29, 0.717) is 19.4 Å². The first-order chi connectivity index (χ1) is 35.0. The van der Waals surface area contributed by atoms with E-state index in [9.17, 15) is 19.8 Å². The summed E-state index contributed by atoms with van der Waals surface area (Å²) in [6, 6.07) is -0.631. The molecule has 0 saturated carbocycles. The zero-order valence-corrected chi connectivity index (χ0v) is 48.2. The summed E-state index contributed by atoms with van der Waals surface area (Å²) in [6.45, 7) is 4.94. The van der Waals surface area contributed by atoms with Crippen molar-refractivity contribution in [2.75, 3.05) is 13.2 Å². The largest absolute Gasteiger partial charge is 0.466 e. The molecule has 0 bridgehead atoms. The molecule has 422 valence electrons. The fourth-order valence-electron chi connectivity index (χ4n) is 10.3. The molecule has 0 fully saturated rings. The number of allylic oxidation sites excluding steroid dienone is 1. The molecular formula is C65H127NO5. The van der Waals surface area contributed by atoms with Gasteiger partial charge in [0.25, 0.3) is 0 Å². The average Bonchev–Trinajstić information content (AvgIpc) is 3.37. The van der Waals surface area contributed by atoms with Crippen molar-refractivity contribution in [3.8, 4) is 0 Å². The number of hydrogen-bond donors (Lipinski definition) is 3. The molecule has 0 aromatic rings. The van der Waals surface area contributed by atoms with Crippen molar-refractivity contribution in [3.05, 3.63) is 12.2 Å². The van der Waals surface area contributed by atoms with E-state index < -0.39 is 12.1 Å². The van der Waals surface area contributed by atoms with Crippen LogP contribution >= 0.6 is 0 Å². The van der Waals surface area contributed by atoms with Crippen LogP contribution in [0.4, 0.5) is 0 Å². The van der Waals surface area contributed by atoms with Crippen LogP contribution in [0.1, 0.15) is 367 Å². The second-order valence-electron chi connectivity index (χ2n) is 22.5. The monoisotopic (exact) mass is 1000 g/mol. The fourth-order valence-corrected chi connectivity index (χ4v) is 10.3. The maximum absolute atomic E-state index is 12.5. The van der Waals surface area contributed by atoms with Crippen molar-refractivity contribution >= 4 is 11.9 Å². The number of amides is 1. The van der Waals surface area contributed by atoms with Crippen LogP contribution < -0.4 is 5.32 Å². The highest BCUT2D eigenvalue weighted by Crippen LogP contribution is 2.18. The Kier molecular flexibility index (Phi) is 59.9. The van der Waals surface area contributed by atoms with Gasteiger partial charge in [-0.2, -0.15) is 0 Å². The molecule has 3 N–H and O–H groups in total. The first kappa shape index (κ1) is 69.6. The molecule has 0 aromatic heterocycles. The van der Waals surface area contributed by atoms with Crippen molar-refractivity contribution < 1.29 is 24.5 Å². The van der Waals surface area contributed by atoms with Crippen molar-refractivity contribution in [3.63, 3.8) is 0 Å². The van der Waals surface area contributed by atoms with Crippen molar-refractivity contribution in [2.45, 2.75) is 379 Å². The molecule has 2 atom stereocenters. The van der Waals surface area contributed by atoms with E-state index in [-0.39, 0.29) is 18.5 Å². The average molecular weight is 1000 g/mol. The van der Waals surface area contributed by atoms with Crippen LogP contribution in [0.25, 0.3) is 0 Å². The number of aliphatic hydroxyl groups is 2. The molecule has 0 rings (SSSR count). The Morgan fingerprint density at radius 1 is 0.380 bits per heavy atom. The van der Waals surface area contributed by atoms with Gasteiger partial charge in [0.05, 0.1) is 25.4 Å². The molecule has 0 radical (unpaired) electrons. The Hall–Kier alpha value is -1.40. The topological polar surface area (TPSA) is 95.9 Å². The molecule has 6 nitrogen and oxygen atoms in total. The number of ether oxygens (including phenoxy) is 1. The first-order valence-electron chi connectivity index (χ1n) is 32.5. The molecule has 0 heterocycles. The summed E-state index contributed by atoms with van der Waals surface area (Å²) in [4.78, 5) is 24.6. The Morgan fingerprint density at radius 3 is 0.958 bits per heavy atom. The van der Waals surface area contributed by atoms with E-state index in [1.165, 1.54) is 302 Å². The van der Waals surface area contributed by atoms with Crippen LogP contribution in [0.5, 0.6) is 0 Å². The van der Waals surface area contributed by atoms with Crippen LogP contribution in [0, 0.1) is 0 Å². The Bertz CT molecular complexity index is 1060. The zero-order chi connectivity index (χ0) is 51.4. The highest BCUT2D eigenvalue weighted by Gasteiger charge is 2.18. The molecule has 0 spiro atoms. The lowest BCUT2D eigenvalue weighted by Crippen LogP contribution is -2.45. The second kappa shape index (κ2) is 61.1. The Labute approximate surface area is 444 Å². The molecule has 1 amide bonds. The maximum atomic E-state index is 12.5. The third kappa shape index (κ3) is 57.7. The minimum absolute atomic E-state index is 0.0114. The quantitative estimate of drug-likeness (QED) is 0.0320. The number of esters is 1. The number of carbonyl (C=O) groups excluding carboxylic acids is 2. The van der Waals surface area contributed by atoms with Gasteiger partial charge in [-0.25, -0.2) is 0 Å². The van der Waals surface area contributed by atoms with Crippen molar-refractivity contribution in [1.82, 2.24) is 5.32 Å². The molecule has 0 aliphatic rings. The van der Waals surface area contributed by atoms with Gasteiger partial charge in [0.1, 0.15) is 0 Å². The van der Waals surface area contributed by atoms with E-state index in [1.54, 1.807) is 6.08 Å². The Balaban J connectivity index is 3.41. The van der Waals surface area contributed by atoms with Gasteiger partial charge in [-0.15, -0.1) is 0 Å². The summed E-state index contributed by atoms with van der Waals surface area (Å²) in [5.41, 5.74) is 0. The van der Waals surface area contributed by atoms with Crippen LogP contribution in [-0.4, -0.2) is 47.4 Å². The second-order valence-corrected chi connectivity index (χ2v) is 22.5. The molecule has 0 saturated heterocycles.